The molecule has 5 nitrogen and oxygen atoms in total. The van der Waals surface area contributed by atoms with E-state index in [-0.39, 0.29) is 11.3 Å². The maximum absolute atomic E-state index is 13.1. The third-order valence-electron chi connectivity index (χ3n) is 5.87. The van der Waals surface area contributed by atoms with Crippen molar-refractivity contribution < 1.29 is 4.79 Å². The van der Waals surface area contributed by atoms with Crippen molar-refractivity contribution in [2.45, 2.75) is 39.7 Å². The van der Waals surface area contributed by atoms with Crippen molar-refractivity contribution >= 4 is 11.6 Å². The van der Waals surface area contributed by atoms with Gasteiger partial charge in [-0.25, -0.2) is 9.97 Å². The molecule has 0 atom stereocenters. The molecule has 0 radical (unpaired) electrons. The average molecular weight is 350 g/mol. The summed E-state index contributed by atoms with van der Waals surface area (Å²) in [5.41, 5.74) is 4.65. The zero-order valence-electron chi connectivity index (χ0n) is 15.6. The van der Waals surface area contributed by atoms with Gasteiger partial charge in [0.2, 0.25) is 5.91 Å². The van der Waals surface area contributed by atoms with Crippen molar-refractivity contribution in [1.82, 2.24) is 14.9 Å². The van der Waals surface area contributed by atoms with Gasteiger partial charge in [-0.1, -0.05) is 29.3 Å². The van der Waals surface area contributed by atoms with Crippen LogP contribution in [0.2, 0.25) is 0 Å². The van der Waals surface area contributed by atoms with Crippen molar-refractivity contribution in [3.05, 3.63) is 53.6 Å². The first-order valence-electron chi connectivity index (χ1n) is 9.42. The molecule has 2 saturated heterocycles. The molecule has 0 bridgehead atoms. The number of rotatable bonds is 3. The van der Waals surface area contributed by atoms with Gasteiger partial charge in [0.1, 0.15) is 6.33 Å². The van der Waals surface area contributed by atoms with Crippen LogP contribution in [0, 0.1) is 19.3 Å². The van der Waals surface area contributed by atoms with Crippen LogP contribution in [0.25, 0.3) is 0 Å². The van der Waals surface area contributed by atoms with Crippen LogP contribution >= 0.6 is 0 Å². The molecular formula is C21H26N4O. The summed E-state index contributed by atoms with van der Waals surface area (Å²) in [6.45, 7) is 8.03. The van der Waals surface area contributed by atoms with Gasteiger partial charge in [-0.2, -0.15) is 0 Å². The summed E-state index contributed by atoms with van der Waals surface area (Å²) in [6, 6.07) is 6.76. The quantitative estimate of drug-likeness (QED) is 0.853. The highest BCUT2D eigenvalue weighted by molar-refractivity contribution is 5.99. The first kappa shape index (κ1) is 17.2. The summed E-state index contributed by atoms with van der Waals surface area (Å²) in [6.07, 6.45) is 7.81. The second-order valence-corrected chi connectivity index (χ2v) is 7.86. The third kappa shape index (κ3) is 3.23. The second-order valence-electron chi connectivity index (χ2n) is 7.86. The molecule has 136 valence electrons. The first-order chi connectivity index (χ1) is 12.6. The Morgan fingerprint density at radius 3 is 2.23 bits per heavy atom. The average Bonchev–Trinajstić information content (AvgIpc) is 2.94. The number of hydrogen-bond acceptors (Lipinski definition) is 4. The Kier molecular flexibility index (Phi) is 4.49. The fourth-order valence-corrected chi connectivity index (χ4v) is 4.52. The smallest absolute Gasteiger partial charge is 0.233 e. The Balaban J connectivity index is 1.41. The van der Waals surface area contributed by atoms with Crippen LogP contribution in [0.5, 0.6) is 0 Å². The summed E-state index contributed by atoms with van der Waals surface area (Å²) in [5.74, 6) is 0.262. The molecular weight excluding hydrogens is 324 g/mol. The third-order valence-corrected chi connectivity index (χ3v) is 5.87. The van der Waals surface area contributed by atoms with Gasteiger partial charge in [-0.3, -0.25) is 9.69 Å². The molecule has 0 unspecified atom stereocenters. The molecule has 2 fully saturated rings. The predicted octanol–water partition coefficient (Wildman–Crippen LogP) is 3.11. The molecule has 4 rings (SSSR count). The van der Waals surface area contributed by atoms with Crippen molar-refractivity contribution in [1.29, 1.82) is 0 Å². The molecule has 2 aromatic rings. The lowest BCUT2D eigenvalue weighted by molar-refractivity contribution is -0.128. The normalized spacial score (nSPS) is 20.1. The van der Waals surface area contributed by atoms with Crippen LogP contribution in [-0.2, 0) is 11.3 Å². The van der Waals surface area contributed by atoms with Crippen molar-refractivity contribution in [3.63, 3.8) is 0 Å². The summed E-state index contributed by atoms with van der Waals surface area (Å²) < 4.78 is 0. The minimum Gasteiger partial charge on any atom is -0.309 e. The van der Waals surface area contributed by atoms with Gasteiger partial charge in [0, 0.05) is 13.1 Å². The minimum atomic E-state index is -0.186. The molecule has 1 spiro atoms. The van der Waals surface area contributed by atoms with Gasteiger partial charge in [0.15, 0.2) is 0 Å². The molecule has 2 aliphatic rings. The van der Waals surface area contributed by atoms with Crippen LogP contribution in [0.15, 0.2) is 36.9 Å². The summed E-state index contributed by atoms with van der Waals surface area (Å²) in [7, 11) is 0. The molecule has 0 saturated carbocycles. The molecule has 3 heterocycles. The van der Waals surface area contributed by atoms with E-state index < -0.39 is 0 Å². The number of aryl methyl sites for hydroxylation is 2. The van der Waals surface area contributed by atoms with E-state index in [9.17, 15) is 4.79 Å². The van der Waals surface area contributed by atoms with Crippen LogP contribution in [0.3, 0.4) is 0 Å². The molecule has 2 aliphatic heterocycles. The fraction of sp³-hybridized carbons (Fsp3) is 0.476. The first-order valence-corrected chi connectivity index (χ1v) is 9.42. The van der Waals surface area contributed by atoms with E-state index in [0.717, 1.165) is 51.1 Å². The summed E-state index contributed by atoms with van der Waals surface area (Å²) >= 11 is 0. The molecule has 5 heteroatoms. The SMILES string of the molecule is Cc1cc(C)cc(CN2CCC3(CC2)CCN(c2cncnc2)C3=O)c1. The van der Waals surface area contributed by atoms with Crippen molar-refractivity contribution in [3.8, 4) is 0 Å². The van der Waals surface area contributed by atoms with E-state index in [1.807, 2.05) is 4.90 Å². The number of carbonyl (C=O) groups is 1. The van der Waals surface area contributed by atoms with Crippen LogP contribution in [0.4, 0.5) is 5.69 Å². The Bertz CT molecular complexity index is 777. The molecule has 1 aromatic heterocycles. The topological polar surface area (TPSA) is 49.3 Å². The number of likely N-dealkylation sites (tertiary alicyclic amines) is 1. The molecule has 0 N–H and O–H groups in total. The number of carbonyl (C=O) groups excluding carboxylic acids is 1. The number of hydrogen-bond donors (Lipinski definition) is 0. The maximum Gasteiger partial charge on any atom is 0.233 e. The van der Waals surface area contributed by atoms with E-state index >= 15 is 0 Å². The number of piperidine rings is 1. The van der Waals surface area contributed by atoms with Gasteiger partial charge >= 0.3 is 0 Å². The van der Waals surface area contributed by atoms with Gasteiger partial charge in [-0.05, 0) is 51.8 Å². The van der Waals surface area contributed by atoms with Gasteiger partial charge < -0.3 is 4.90 Å². The van der Waals surface area contributed by atoms with E-state index in [1.54, 1.807) is 12.4 Å². The van der Waals surface area contributed by atoms with E-state index in [2.05, 4.69) is 46.9 Å². The van der Waals surface area contributed by atoms with E-state index in [0.29, 0.717) is 0 Å². The second kappa shape index (κ2) is 6.80. The molecule has 0 aliphatic carbocycles. The summed E-state index contributed by atoms with van der Waals surface area (Å²) in [4.78, 5) is 25.6. The van der Waals surface area contributed by atoms with Crippen LogP contribution in [0.1, 0.15) is 36.0 Å². The van der Waals surface area contributed by atoms with Crippen molar-refractivity contribution in [2.75, 3.05) is 24.5 Å². The molecule has 1 aromatic carbocycles. The highest BCUT2D eigenvalue weighted by Crippen LogP contribution is 2.43. The van der Waals surface area contributed by atoms with Gasteiger partial charge in [0.25, 0.3) is 0 Å². The lowest BCUT2D eigenvalue weighted by Gasteiger charge is -2.38. The van der Waals surface area contributed by atoms with Crippen LogP contribution < -0.4 is 4.90 Å². The summed E-state index contributed by atoms with van der Waals surface area (Å²) in [5, 5.41) is 0. The maximum atomic E-state index is 13.1. The van der Waals surface area contributed by atoms with Crippen LogP contribution in [-0.4, -0.2) is 40.4 Å². The fourth-order valence-electron chi connectivity index (χ4n) is 4.52. The van der Waals surface area contributed by atoms with Crippen molar-refractivity contribution in [2.24, 2.45) is 5.41 Å². The highest BCUT2D eigenvalue weighted by Gasteiger charge is 2.48. The highest BCUT2D eigenvalue weighted by atomic mass is 16.2. The van der Waals surface area contributed by atoms with E-state index in [1.165, 1.54) is 23.0 Å². The molecule has 1 amide bonds. The molecule has 26 heavy (non-hydrogen) atoms. The Labute approximate surface area is 155 Å². The zero-order chi connectivity index (χ0) is 18.1. The Morgan fingerprint density at radius 1 is 0.962 bits per heavy atom. The van der Waals surface area contributed by atoms with E-state index in [4.69, 9.17) is 0 Å². The predicted molar refractivity (Wildman–Crippen MR) is 102 cm³/mol. The Hall–Kier alpha value is -2.27. The largest absolute Gasteiger partial charge is 0.309 e. The standard InChI is InChI=1S/C21H26N4O/c1-16-9-17(2)11-18(10-16)14-24-6-3-21(4-7-24)5-8-25(20(21)26)19-12-22-15-23-13-19/h9-13,15H,3-8,14H2,1-2H3. The Morgan fingerprint density at radius 2 is 1.58 bits per heavy atom. The number of aromatic nitrogens is 2. The van der Waals surface area contributed by atoms with Gasteiger partial charge in [-0.15, -0.1) is 0 Å². The number of benzene rings is 1. The lowest BCUT2D eigenvalue weighted by atomic mass is 9.77. The van der Waals surface area contributed by atoms with Gasteiger partial charge in [0.05, 0.1) is 23.5 Å². The number of nitrogens with zero attached hydrogens (tertiary/aromatic N) is 4. The monoisotopic (exact) mass is 350 g/mol. The lowest BCUT2D eigenvalue weighted by Crippen LogP contribution is -2.44. The number of amides is 1. The minimum absolute atomic E-state index is 0.186. The zero-order valence-corrected chi connectivity index (χ0v) is 15.6. The number of anilines is 1.